The molecule has 0 aromatic heterocycles. The SMILES string of the molecule is N/C(=N/O)C1(NS(=O)(=O)c2ccc(F)c(F)c2)CCCC1. The third-order valence-corrected chi connectivity index (χ3v) is 5.12. The first kappa shape index (κ1) is 15.6. The number of halogens is 2. The zero-order chi connectivity index (χ0) is 15.7. The molecule has 6 nitrogen and oxygen atoms in total. The first-order chi connectivity index (χ1) is 9.81. The lowest BCUT2D eigenvalue weighted by molar-refractivity contribution is 0.309. The summed E-state index contributed by atoms with van der Waals surface area (Å²) in [7, 11) is -4.13. The van der Waals surface area contributed by atoms with Crippen LogP contribution in [0.15, 0.2) is 28.3 Å². The summed E-state index contributed by atoms with van der Waals surface area (Å²) >= 11 is 0. The highest BCUT2D eigenvalue weighted by molar-refractivity contribution is 7.89. The number of sulfonamides is 1. The Balaban J connectivity index is 2.37. The quantitative estimate of drug-likeness (QED) is 0.337. The Kier molecular flexibility index (Phi) is 4.15. The minimum Gasteiger partial charge on any atom is -0.409 e. The minimum atomic E-state index is -4.13. The molecule has 116 valence electrons. The van der Waals surface area contributed by atoms with Crippen LogP contribution in [0.5, 0.6) is 0 Å². The standard InChI is InChI=1S/C12H15F2N3O3S/c13-9-4-3-8(7-10(9)14)21(19,20)17-12(11(15)16-18)5-1-2-6-12/h3-4,7,17-18H,1-2,5-6H2,(H2,15,16). The molecule has 0 heterocycles. The highest BCUT2D eigenvalue weighted by Crippen LogP contribution is 2.31. The van der Waals surface area contributed by atoms with E-state index in [2.05, 4.69) is 9.88 Å². The molecular formula is C12H15F2N3O3S. The monoisotopic (exact) mass is 319 g/mol. The molecule has 0 amide bonds. The molecule has 1 fully saturated rings. The second-order valence-corrected chi connectivity index (χ2v) is 6.64. The zero-order valence-electron chi connectivity index (χ0n) is 11.0. The molecule has 0 aliphatic heterocycles. The van der Waals surface area contributed by atoms with Gasteiger partial charge in [0.1, 0.15) is 0 Å². The Hall–Kier alpha value is -1.74. The Bertz CT molecular complexity index is 670. The summed E-state index contributed by atoms with van der Waals surface area (Å²) in [6, 6.07) is 2.27. The van der Waals surface area contributed by atoms with Crippen molar-refractivity contribution >= 4 is 15.9 Å². The number of nitrogens with one attached hydrogen (secondary N) is 1. The fourth-order valence-electron chi connectivity index (χ4n) is 2.44. The molecule has 0 saturated heterocycles. The largest absolute Gasteiger partial charge is 0.409 e. The predicted octanol–water partition coefficient (Wildman–Crippen LogP) is 1.30. The summed E-state index contributed by atoms with van der Waals surface area (Å²) in [6.07, 6.45) is 2.14. The van der Waals surface area contributed by atoms with Crippen LogP contribution in [0.25, 0.3) is 0 Å². The molecule has 0 atom stereocenters. The summed E-state index contributed by atoms with van der Waals surface area (Å²) in [4.78, 5) is -0.418. The van der Waals surface area contributed by atoms with Crippen molar-refractivity contribution in [3.8, 4) is 0 Å². The van der Waals surface area contributed by atoms with Crippen LogP contribution in [-0.4, -0.2) is 25.0 Å². The van der Waals surface area contributed by atoms with E-state index in [4.69, 9.17) is 10.9 Å². The maximum atomic E-state index is 13.2. The van der Waals surface area contributed by atoms with Gasteiger partial charge < -0.3 is 10.9 Å². The molecule has 9 heteroatoms. The van der Waals surface area contributed by atoms with Crippen LogP contribution in [0.3, 0.4) is 0 Å². The van der Waals surface area contributed by atoms with E-state index in [-0.39, 0.29) is 5.84 Å². The number of oxime groups is 1. The summed E-state index contributed by atoms with van der Waals surface area (Å²) < 4.78 is 53.0. The molecule has 1 aliphatic carbocycles. The van der Waals surface area contributed by atoms with E-state index in [1.54, 1.807) is 0 Å². The smallest absolute Gasteiger partial charge is 0.241 e. The Labute approximate surface area is 120 Å². The average molecular weight is 319 g/mol. The van der Waals surface area contributed by atoms with Crippen molar-refractivity contribution in [3.05, 3.63) is 29.8 Å². The minimum absolute atomic E-state index is 0.244. The number of hydrogen-bond acceptors (Lipinski definition) is 4. The fraction of sp³-hybridized carbons (Fsp3) is 0.417. The number of nitrogens with two attached hydrogens (primary N) is 1. The third-order valence-electron chi connectivity index (χ3n) is 3.59. The summed E-state index contributed by atoms with van der Waals surface area (Å²) in [5, 5.41) is 11.7. The van der Waals surface area contributed by atoms with Gasteiger partial charge in [-0.05, 0) is 31.0 Å². The van der Waals surface area contributed by atoms with Crippen molar-refractivity contribution in [2.24, 2.45) is 10.9 Å². The van der Waals surface area contributed by atoms with E-state index in [1.807, 2.05) is 0 Å². The van der Waals surface area contributed by atoms with Gasteiger partial charge in [-0.15, -0.1) is 0 Å². The Morgan fingerprint density at radius 3 is 2.43 bits per heavy atom. The van der Waals surface area contributed by atoms with Crippen molar-refractivity contribution in [3.63, 3.8) is 0 Å². The topological polar surface area (TPSA) is 105 Å². The van der Waals surface area contributed by atoms with Crippen LogP contribution >= 0.6 is 0 Å². The number of benzene rings is 1. The lowest BCUT2D eigenvalue weighted by atomic mass is 9.98. The molecule has 1 aromatic carbocycles. The molecule has 1 aromatic rings. The van der Waals surface area contributed by atoms with Crippen LogP contribution < -0.4 is 10.5 Å². The van der Waals surface area contributed by atoms with Gasteiger partial charge in [0.25, 0.3) is 0 Å². The van der Waals surface area contributed by atoms with Gasteiger partial charge in [0.05, 0.1) is 10.4 Å². The van der Waals surface area contributed by atoms with Gasteiger partial charge in [-0.25, -0.2) is 17.2 Å². The summed E-state index contributed by atoms with van der Waals surface area (Å²) in [6.45, 7) is 0. The summed E-state index contributed by atoms with van der Waals surface area (Å²) in [5.74, 6) is -2.64. The Morgan fingerprint density at radius 1 is 1.29 bits per heavy atom. The van der Waals surface area contributed by atoms with E-state index < -0.39 is 32.1 Å². The molecule has 0 spiro atoms. The van der Waals surface area contributed by atoms with Crippen LogP contribution in [0.2, 0.25) is 0 Å². The molecule has 4 N–H and O–H groups in total. The molecule has 0 unspecified atom stereocenters. The fourth-order valence-corrected chi connectivity index (χ4v) is 3.89. The molecular weight excluding hydrogens is 304 g/mol. The van der Waals surface area contributed by atoms with Crippen molar-refractivity contribution in [1.82, 2.24) is 4.72 Å². The van der Waals surface area contributed by atoms with E-state index in [9.17, 15) is 17.2 Å². The molecule has 1 aliphatic rings. The molecule has 0 bridgehead atoms. The Morgan fingerprint density at radius 2 is 1.90 bits per heavy atom. The van der Waals surface area contributed by atoms with Crippen LogP contribution in [-0.2, 0) is 10.0 Å². The van der Waals surface area contributed by atoms with Gasteiger partial charge in [0.15, 0.2) is 17.5 Å². The third kappa shape index (κ3) is 2.98. The second-order valence-electron chi connectivity index (χ2n) is 4.96. The first-order valence-electron chi connectivity index (χ1n) is 6.28. The maximum absolute atomic E-state index is 13.2. The zero-order valence-corrected chi connectivity index (χ0v) is 11.8. The van der Waals surface area contributed by atoms with Crippen molar-refractivity contribution in [2.45, 2.75) is 36.1 Å². The van der Waals surface area contributed by atoms with Crippen molar-refractivity contribution in [1.29, 1.82) is 0 Å². The normalized spacial score (nSPS) is 18.9. The van der Waals surface area contributed by atoms with Crippen molar-refractivity contribution in [2.75, 3.05) is 0 Å². The van der Waals surface area contributed by atoms with Crippen molar-refractivity contribution < 1.29 is 22.4 Å². The van der Waals surface area contributed by atoms with E-state index >= 15 is 0 Å². The van der Waals surface area contributed by atoms with Gasteiger partial charge in [-0.1, -0.05) is 18.0 Å². The van der Waals surface area contributed by atoms with E-state index in [0.29, 0.717) is 31.7 Å². The van der Waals surface area contributed by atoms with Gasteiger partial charge in [-0.2, -0.15) is 4.72 Å². The van der Waals surface area contributed by atoms with Crippen LogP contribution in [0.4, 0.5) is 8.78 Å². The predicted molar refractivity (Wildman–Crippen MR) is 71.3 cm³/mol. The lowest BCUT2D eigenvalue weighted by Gasteiger charge is -2.28. The average Bonchev–Trinajstić information content (AvgIpc) is 2.89. The molecule has 0 radical (unpaired) electrons. The first-order valence-corrected chi connectivity index (χ1v) is 7.76. The maximum Gasteiger partial charge on any atom is 0.241 e. The molecule has 21 heavy (non-hydrogen) atoms. The van der Waals surface area contributed by atoms with Gasteiger partial charge in [-0.3, -0.25) is 0 Å². The van der Waals surface area contributed by atoms with Gasteiger partial charge in [0.2, 0.25) is 10.0 Å². The number of amidine groups is 1. The second kappa shape index (κ2) is 5.57. The van der Waals surface area contributed by atoms with Gasteiger partial charge in [0, 0.05) is 0 Å². The van der Waals surface area contributed by atoms with Crippen LogP contribution in [0, 0.1) is 11.6 Å². The van der Waals surface area contributed by atoms with E-state index in [1.165, 1.54) is 0 Å². The number of nitrogens with zero attached hydrogens (tertiary/aromatic N) is 1. The number of hydrogen-bond donors (Lipinski definition) is 3. The summed E-state index contributed by atoms with van der Waals surface area (Å²) in [5.41, 5.74) is 4.40. The number of rotatable bonds is 4. The highest BCUT2D eigenvalue weighted by Gasteiger charge is 2.42. The highest BCUT2D eigenvalue weighted by atomic mass is 32.2. The lowest BCUT2D eigenvalue weighted by Crippen LogP contribution is -2.55. The molecule has 2 rings (SSSR count). The van der Waals surface area contributed by atoms with Crippen LogP contribution in [0.1, 0.15) is 25.7 Å². The molecule has 1 saturated carbocycles. The van der Waals surface area contributed by atoms with E-state index in [0.717, 1.165) is 12.1 Å². The van der Waals surface area contributed by atoms with Gasteiger partial charge >= 0.3 is 0 Å².